The highest BCUT2D eigenvalue weighted by atomic mass is 32.2. The number of nitrogens with one attached hydrogen (secondary N) is 1. The van der Waals surface area contributed by atoms with Gasteiger partial charge in [0.2, 0.25) is 5.89 Å². The Morgan fingerprint density at radius 3 is 2.40 bits per heavy atom. The molecule has 0 saturated heterocycles. The molecule has 3 rings (SSSR count). The zero-order valence-corrected chi connectivity index (χ0v) is 15.4. The van der Waals surface area contributed by atoms with Crippen LogP contribution < -0.4 is 5.32 Å². The maximum absolute atomic E-state index is 12.4. The van der Waals surface area contributed by atoms with E-state index in [1.54, 1.807) is 48.7 Å². The quantitative estimate of drug-likeness (QED) is 0.766. The van der Waals surface area contributed by atoms with E-state index in [2.05, 4.69) is 10.3 Å². The van der Waals surface area contributed by atoms with E-state index in [4.69, 9.17) is 4.42 Å². The van der Waals surface area contributed by atoms with Gasteiger partial charge in [-0.1, -0.05) is 20.8 Å². The first-order valence-corrected chi connectivity index (χ1v) is 9.46. The summed E-state index contributed by atoms with van der Waals surface area (Å²) >= 11 is 0. The Kier molecular flexibility index (Phi) is 4.47. The first-order chi connectivity index (χ1) is 11.7. The van der Waals surface area contributed by atoms with Gasteiger partial charge >= 0.3 is 0 Å². The van der Waals surface area contributed by atoms with E-state index >= 15 is 0 Å². The standard InChI is InChI=1S/C19H20N2O3S/c1-19(2,3)18-21-15-11-13(7-10-16(15)24-18)20-17(22)12-5-8-14(9-6-12)25(4)23/h5-11H,1-4H3,(H,20,22)/t25-/m0/s1. The molecule has 0 bridgehead atoms. The predicted octanol–water partition coefficient (Wildman–Crippen LogP) is 4.12. The Hall–Kier alpha value is -2.47. The number of nitrogens with zero attached hydrogens (tertiary/aromatic N) is 1. The van der Waals surface area contributed by atoms with Gasteiger partial charge in [0.25, 0.3) is 5.91 Å². The molecule has 1 atom stereocenters. The predicted molar refractivity (Wildman–Crippen MR) is 99.4 cm³/mol. The Morgan fingerprint density at radius 2 is 1.80 bits per heavy atom. The van der Waals surface area contributed by atoms with E-state index in [0.717, 1.165) is 0 Å². The summed E-state index contributed by atoms with van der Waals surface area (Å²) in [7, 11) is -1.06. The van der Waals surface area contributed by atoms with E-state index in [-0.39, 0.29) is 11.3 Å². The van der Waals surface area contributed by atoms with Crippen molar-refractivity contribution in [3.63, 3.8) is 0 Å². The molecular weight excluding hydrogens is 336 g/mol. The number of benzene rings is 2. The highest BCUT2D eigenvalue weighted by molar-refractivity contribution is 7.84. The Bertz CT molecular complexity index is 953. The molecule has 6 heteroatoms. The molecule has 5 nitrogen and oxygen atoms in total. The van der Waals surface area contributed by atoms with Crippen LogP contribution in [0, 0.1) is 0 Å². The van der Waals surface area contributed by atoms with Gasteiger partial charge in [-0.15, -0.1) is 0 Å². The van der Waals surface area contributed by atoms with Gasteiger partial charge in [-0.3, -0.25) is 9.00 Å². The fourth-order valence-electron chi connectivity index (χ4n) is 2.33. The first-order valence-electron chi connectivity index (χ1n) is 7.90. The lowest BCUT2D eigenvalue weighted by molar-refractivity contribution is 0.102. The highest BCUT2D eigenvalue weighted by Gasteiger charge is 2.21. The lowest BCUT2D eigenvalue weighted by Crippen LogP contribution is -2.12. The third kappa shape index (κ3) is 3.79. The van der Waals surface area contributed by atoms with Gasteiger partial charge in [0.05, 0.1) is 0 Å². The number of rotatable bonds is 3. The molecule has 0 spiro atoms. The second-order valence-corrected chi connectivity index (χ2v) is 8.26. The Morgan fingerprint density at radius 1 is 1.12 bits per heavy atom. The molecule has 2 aromatic carbocycles. The second-order valence-electron chi connectivity index (χ2n) is 6.88. The van der Waals surface area contributed by atoms with Gasteiger partial charge in [-0.25, -0.2) is 4.98 Å². The van der Waals surface area contributed by atoms with Crippen LogP contribution in [0.15, 0.2) is 51.8 Å². The second kappa shape index (κ2) is 6.44. The molecule has 0 saturated carbocycles. The minimum Gasteiger partial charge on any atom is -0.440 e. The molecule has 0 aliphatic rings. The van der Waals surface area contributed by atoms with Crippen molar-refractivity contribution in [2.24, 2.45) is 0 Å². The Labute approximate surface area is 148 Å². The highest BCUT2D eigenvalue weighted by Crippen LogP contribution is 2.27. The van der Waals surface area contributed by atoms with Gasteiger partial charge in [0.15, 0.2) is 5.58 Å². The topological polar surface area (TPSA) is 72.2 Å². The van der Waals surface area contributed by atoms with E-state index in [1.807, 2.05) is 20.8 Å². The zero-order valence-electron chi connectivity index (χ0n) is 14.6. The van der Waals surface area contributed by atoms with Crippen LogP contribution in [0.2, 0.25) is 0 Å². The summed E-state index contributed by atoms with van der Waals surface area (Å²) in [6.07, 6.45) is 1.61. The van der Waals surface area contributed by atoms with Crippen LogP contribution >= 0.6 is 0 Å². The number of anilines is 1. The van der Waals surface area contributed by atoms with Crippen LogP contribution in [-0.4, -0.2) is 21.4 Å². The normalized spacial score (nSPS) is 13.0. The average molecular weight is 356 g/mol. The molecule has 0 radical (unpaired) electrons. The third-order valence-corrected chi connectivity index (χ3v) is 4.67. The number of hydrogen-bond acceptors (Lipinski definition) is 4. The number of fused-ring (bicyclic) bond motifs is 1. The van der Waals surface area contributed by atoms with Crippen molar-refractivity contribution in [1.29, 1.82) is 0 Å². The SMILES string of the molecule is C[S@](=O)c1ccc(C(=O)Nc2ccc3oc(C(C)(C)C)nc3c2)cc1. The molecule has 1 aromatic heterocycles. The molecule has 0 fully saturated rings. The minimum absolute atomic E-state index is 0.177. The van der Waals surface area contributed by atoms with Crippen LogP contribution in [0.4, 0.5) is 5.69 Å². The van der Waals surface area contributed by atoms with Gasteiger partial charge in [0, 0.05) is 38.6 Å². The van der Waals surface area contributed by atoms with Crippen LogP contribution in [0.25, 0.3) is 11.1 Å². The molecule has 0 unspecified atom stereocenters. The summed E-state index contributed by atoms with van der Waals surface area (Å²) in [6.45, 7) is 6.11. The maximum Gasteiger partial charge on any atom is 0.255 e. The fraction of sp³-hybridized carbons (Fsp3) is 0.263. The van der Waals surface area contributed by atoms with Gasteiger partial charge in [0.1, 0.15) is 5.52 Å². The summed E-state index contributed by atoms with van der Waals surface area (Å²) in [6, 6.07) is 12.1. The molecule has 130 valence electrons. The zero-order chi connectivity index (χ0) is 18.2. The molecule has 0 aliphatic carbocycles. The number of hydrogen-bond donors (Lipinski definition) is 1. The number of carbonyl (C=O) groups is 1. The van der Waals surface area contributed by atoms with E-state index in [9.17, 15) is 9.00 Å². The number of amides is 1. The van der Waals surface area contributed by atoms with Crippen molar-refractivity contribution >= 4 is 33.5 Å². The number of carbonyl (C=O) groups excluding carboxylic acids is 1. The van der Waals surface area contributed by atoms with Gasteiger partial charge < -0.3 is 9.73 Å². The van der Waals surface area contributed by atoms with E-state index in [0.29, 0.717) is 33.1 Å². The van der Waals surface area contributed by atoms with Crippen molar-refractivity contribution in [2.45, 2.75) is 31.1 Å². The van der Waals surface area contributed by atoms with Crippen molar-refractivity contribution in [2.75, 3.05) is 11.6 Å². The van der Waals surface area contributed by atoms with Crippen molar-refractivity contribution in [3.8, 4) is 0 Å². The third-order valence-electron chi connectivity index (χ3n) is 3.74. The smallest absolute Gasteiger partial charge is 0.255 e. The van der Waals surface area contributed by atoms with Crippen molar-refractivity contribution in [1.82, 2.24) is 4.98 Å². The van der Waals surface area contributed by atoms with E-state index < -0.39 is 10.8 Å². The van der Waals surface area contributed by atoms with Gasteiger partial charge in [-0.2, -0.15) is 0 Å². The molecule has 1 N–H and O–H groups in total. The van der Waals surface area contributed by atoms with Crippen molar-refractivity contribution in [3.05, 3.63) is 53.9 Å². The maximum atomic E-state index is 12.4. The number of aromatic nitrogens is 1. The largest absolute Gasteiger partial charge is 0.440 e. The summed E-state index contributed by atoms with van der Waals surface area (Å²) in [5, 5.41) is 2.85. The summed E-state index contributed by atoms with van der Waals surface area (Å²) < 4.78 is 17.2. The first kappa shape index (κ1) is 17.4. The lowest BCUT2D eigenvalue weighted by Gasteiger charge is -2.11. The van der Waals surface area contributed by atoms with Crippen LogP contribution in [-0.2, 0) is 16.2 Å². The molecule has 0 aliphatic heterocycles. The monoisotopic (exact) mass is 356 g/mol. The summed E-state index contributed by atoms with van der Waals surface area (Å²) in [4.78, 5) is 17.6. The molecule has 25 heavy (non-hydrogen) atoms. The molecule has 1 amide bonds. The van der Waals surface area contributed by atoms with Crippen LogP contribution in [0.3, 0.4) is 0 Å². The molecule has 3 aromatic rings. The van der Waals surface area contributed by atoms with Crippen LogP contribution in [0.5, 0.6) is 0 Å². The fourth-order valence-corrected chi connectivity index (χ4v) is 2.85. The van der Waals surface area contributed by atoms with Crippen molar-refractivity contribution < 1.29 is 13.4 Å². The summed E-state index contributed by atoms with van der Waals surface area (Å²) in [5.41, 5.74) is 2.38. The molecule has 1 heterocycles. The average Bonchev–Trinajstić information content (AvgIpc) is 2.98. The van der Waals surface area contributed by atoms with Crippen LogP contribution in [0.1, 0.15) is 37.0 Å². The summed E-state index contributed by atoms with van der Waals surface area (Å²) in [5.74, 6) is 0.432. The Balaban J connectivity index is 1.82. The molecular formula is C19H20N2O3S. The van der Waals surface area contributed by atoms with Gasteiger partial charge in [-0.05, 0) is 42.5 Å². The number of oxazole rings is 1. The van der Waals surface area contributed by atoms with E-state index in [1.165, 1.54) is 0 Å². The minimum atomic E-state index is -1.06. The lowest BCUT2D eigenvalue weighted by atomic mass is 9.97.